The summed E-state index contributed by atoms with van der Waals surface area (Å²) in [4.78, 5) is 31.8. The summed E-state index contributed by atoms with van der Waals surface area (Å²) in [5.41, 5.74) is 1.04. The molecule has 0 atom stereocenters. The van der Waals surface area contributed by atoms with Crippen molar-refractivity contribution in [2.45, 2.75) is 20.4 Å². The number of carboxylic acids is 1. The van der Waals surface area contributed by atoms with Gasteiger partial charge in [-0.15, -0.1) is 0 Å². The average molecular weight is 477 g/mol. The Balaban J connectivity index is 0.000000181. The van der Waals surface area contributed by atoms with Gasteiger partial charge >= 0.3 is 5.97 Å². The smallest absolute Gasteiger partial charge is 0.341 e. The monoisotopic (exact) mass is 476 g/mol. The molecule has 0 saturated carbocycles. The molecular weight excluding hydrogens is 455 g/mol. The van der Waals surface area contributed by atoms with Crippen LogP contribution in [0.2, 0.25) is 10.0 Å². The number of carbonyl (C=O) groups excluding carboxylic acids is 1. The third kappa shape index (κ3) is 5.68. The lowest BCUT2D eigenvalue weighted by atomic mass is 9.95. The predicted molar refractivity (Wildman–Crippen MR) is 122 cm³/mol. The zero-order valence-electron chi connectivity index (χ0n) is 17.5. The van der Waals surface area contributed by atoms with Crippen LogP contribution in [-0.2, 0) is 21.0 Å². The first-order valence-corrected chi connectivity index (χ1v) is 10.5. The number of hydrogen-bond acceptors (Lipinski definition) is 5. The summed E-state index contributed by atoms with van der Waals surface area (Å²) in [5, 5.41) is 11.9. The van der Waals surface area contributed by atoms with Crippen molar-refractivity contribution in [3.63, 3.8) is 0 Å². The number of hydrogen-bond donors (Lipinski definition) is 1. The van der Waals surface area contributed by atoms with E-state index < -0.39 is 18.0 Å². The number of amides is 1. The Labute approximate surface area is 195 Å². The van der Waals surface area contributed by atoms with Crippen LogP contribution in [-0.4, -0.2) is 40.2 Å². The van der Waals surface area contributed by atoms with E-state index in [0.29, 0.717) is 34.5 Å². The molecule has 32 heavy (non-hydrogen) atoms. The molecule has 4 rings (SSSR count). The number of aliphatic carboxylic acids is 1. The van der Waals surface area contributed by atoms with Gasteiger partial charge in [-0.05, 0) is 49.7 Å². The van der Waals surface area contributed by atoms with Crippen LogP contribution >= 0.6 is 23.2 Å². The molecule has 1 saturated heterocycles. The molecule has 1 N–H and O–H groups in total. The molecule has 0 spiro atoms. The van der Waals surface area contributed by atoms with E-state index in [1.165, 1.54) is 5.06 Å². The molecule has 1 aliphatic heterocycles. The second-order valence-corrected chi connectivity index (χ2v) is 8.53. The van der Waals surface area contributed by atoms with Gasteiger partial charge in [-0.25, -0.2) is 9.86 Å². The number of rotatable bonds is 5. The molecule has 1 aliphatic rings. The summed E-state index contributed by atoms with van der Waals surface area (Å²) >= 11 is 12.0. The Morgan fingerprint density at radius 2 is 1.91 bits per heavy atom. The van der Waals surface area contributed by atoms with Crippen LogP contribution in [0, 0.1) is 5.41 Å². The highest BCUT2D eigenvalue weighted by molar-refractivity contribution is 6.35. The molecule has 0 aliphatic carbocycles. The quantitative estimate of drug-likeness (QED) is 0.557. The Hall–Kier alpha value is -2.87. The molecule has 0 radical (unpaired) electrons. The number of carboxylic acid groups (broad SMARTS) is 1. The fourth-order valence-electron chi connectivity index (χ4n) is 2.96. The van der Waals surface area contributed by atoms with Crippen molar-refractivity contribution in [1.29, 1.82) is 0 Å². The van der Waals surface area contributed by atoms with Gasteiger partial charge < -0.3 is 9.84 Å². The van der Waals surface area contributed by atoms with Crippen LogP contribution < -0.4 is 4.74 Å². The van der Waals surface area contributed by atoms with Crippen LogP contribution in [0.5, 0.6) is 5.75 Å². The van der Waals surface area contributed by atoms with E-state index in [1.54, 1.807) is 30.5 Å². The molecule has 168 valence electrons. The molecular formula is C23H22Cl2N2O5. The van der Waals surface area contributed by atoms with Gasteiger partial charge in [0.25, 0.3) is 5.91 Å². The predicted octanol–water partition coefficient (Wildman–Crippen LogP) is 4.99. The zero-order chi connectivity index (χ0) is 23.3. The van der Waals surface area contributed by atoms with Gasteiger partial charge in [0.2, 0.25) is 0 Å². The lowest BCUT2D eigenvalue weighted by molar-refractivity contribution is -0.165. The first kappa shape index (κ1) is 23.8. The Morgan fingerprint density at radius 3 is 2.56 bits per heavy atom. The third-order valence-corrected chi connectivity index (χ3v) is 5.39. The molecule has 7 nitrogen and oxygen atoms in total. The van der Waals surface area contributed by atoms with Gasteiger partial charge in [-0.1, -0.05) is 41.4 Å². The minimum atomic E-state index is -1.03. The van der Waals surface area contributed by atoms with Gasteiger partial charge in [-0.2, -0.15) is 0 Å². The molecule has 1 aromatic heterocycles. The minimum absolute atomic E-state index is 0.00687. The van der Waals surface area contributed by atoms with Gasteiger partial charge in [0, 0.05) is 16.6 Å². The lowest BCUT2D eigenvalue weighted by Crippen LogP contribution is -2.30. The number of carbonyl (C=O) groups is 2. The van der Waals surface area contributed by atoms with Crippen LogP contribution in [0.1, 0.15) is 19.4 Å². The van der Waals surface area contributed by atoms with E-state index in [-0.39, 0.29) is 5.91 Å². The van der Waals surface area contributed by atoms with E-state index in [0.717, 1.165) is 10.9 Å². The van der Waals surface area contributed by atoms with Gasteiger partial charge in [0.05, 0.1) is 23.6 Å². The van der Waals surface area contributed by atoms with Crippen molar-refractivity contribution in [1.82, 2.24) is 10.0 Å². The van der Waals surface area contributed by atoms with Crippen molar-refractivity contribution in [3.05, 3.63) is 70.3 Å². The number of aromatic nitrogens is 1. The van der Waals surface area contributed by atoms with E-state index >= 15 is 0 Å². The summed E-state index contributed by atoms with van der Waals surface area (Å²) in [5.74, 6) is -0.603. The van der Waals surface area contributed by atoms with Crippen molar-refractivity contribution in [2.75, 3.05) is 13.2 Å². The third-order valence-electron chi connectivity index (χ3n) is 4.69. The summed E-state index contributed by atoms with van der Waals surface area (Å²) in [6, 6.07) is 14.3. The molecule has 2 heterocycles. The Morgan fingerprint density at radius 1 is 1.16 bits per heavy atom. The standard InChI is InChI=1S/C12H14ClNO2.C11H8ClNO3/c1-12(2)8-16-14(11(12)15)7-9-5-3-4-6-10(9)13;12-8-3-4-9(16-6-10(14)15)11-7(8)2-1-5-13-11/h3-6H,7-8H2,1-2H3;1-5H,6H2,(H,14,15). The number of ether oxygens (including phenoxy) is 1. The number of nitrogens with zero attached hydrogens (tertiary/aromatic N) is 2. The zero-order valence-corrected chi connectivity index (χ0v) is 19.1. The SMILES string of the molecule is CC1(C)CON(Cc2ccccc2Cl)C1=O.O=C(O)COc1ccc(Cl)c2cccnc12. The fraction of sp³-hybridized carbons (Fsp3) is 0.261. The maximum Gasteiger partial charge on any atom is 0.341 e. The second kappa shape index (κ2) is 10.2. The number of halogens is 2. The Bertz CT molecular complexity index is 1140. The van der Waals surface area contributed by atoms with Crippen molar-refractivity contribution in [2.24, 2.45) is 5.41 Å². The lowest BCUT2D eigenvalue weighted by Gasteiger charge is -2.16. The van der Waals surface area contributed by atoms with Crippen LogP contribution in [0.3, 0.4) is 0 Å². The van der Waals surface area contributed by atoms with Gasteiger partial charge in [0.1, 0.15) is 11.3 Å². The highest BCUT2D eigenvalue weighted by Gasteiger charge is 2.40. The van der Waals surface area contributed by atoms with Gasteiger partial charge in [-0.3, -0.25) is 14.6 Å². The van der Waals surface area contributed by atoms with Crippen LogP contribution in [0.15, 0.2) is 54.7 Å². The number of benzene rings is 2. The molecule has 1 amide bonds. The molecule has 2 aromatic carbocycles. The minimum Gasteiger partial charge on any atom is -0.480 e. The van der Waals surface area contributed by atoms with Gasteiger partial charge in [0.15, 0.2) is 6.61 Å². The van der Waals surface area contributed by atoms with Crippen molar-refractivity contribution in [3.8, 4) is 5.75 Å². The molecule has 0 bridgehead atoms. The number of fused-ring (bicyclic) bond motifs is 1. The first-order valence-electron chi connectivity index (χ1n) is 9.75. The summed E-state index contributed by atoms with van der Waals surface area (Å²) < 4.78 is 5.12. The summed E-state index contributed by atoms with van der Waals surface area (Å²) in [6.07, 6.45) is 1.60. The summed E-state index contributed by atoms with van der Waals surface area (Å²) in [6.45, 7) is 4.19. The molecule has 0 unspecified atom stereocenters. The molecule has 9 heteroatoms. The largest absolute Gasteiger partial charge is 0.480 e. The second-order valence-electron chi connectivity index (χ2n) is 7.72. The number of pyridine rings is 1. The highest BCUT2D eigenvalue weighted by Crippen LogP contribution is 2.30. The maximum absolute atomic E-state index is 11.9. The highest BCUT2D eigenvalue weighted by atomic mass is 35.5. The molecule has 1 fully saturated rings. The van der Waals surface area contributed by atoms with E-state index in [9.17, 15) is 9.59 Å². The van der Waals surface area contributed by atoms with E-state index in [1.807, 2.05) is 38.1 Å². The van der Waals surface area contributed by atoms with E-state index in [2.05, 4.69) is 4.98 Å². The summed E-state index contributed by atoms with van der Waals surface area (Å²) in [7, 11) is 0. The normalized spacial score (nSPS) is 14.8. The van der Waals surface area contributed by atoms with Crippen LogP contribution in [0.25, 0.3) is 10.9 Å². The molecule has 3 aromatic rings. The van der Waals surface area contributed by atoms with Crippen molar-refractivity contribution >= 4 is 46.0 Å². The maximum atomic E-state index is 11.9. The first-order chi connectivity index (χ1) is 15.2. The van der Waals surface area contributed by atoms with Crippen LogP contribution in [0.4, 0.5) is 0 Å². The average Bonchev–Trinajstić information content (AvgIpc) is 3.02. The number of hydroxylamine groups is 2. The van der Waals surface area contributed by atoms with E-state index in [4.69, 9.17) is 37.9 Å². The topological polar surface area (TPSA) is 89.0 Å². The Kier molecular flexibility index (Phi) is 7.56. The van der Waals surface area contributed by atoms with Crippen molar-refractivity contribution < 1.29 is 24.3 Å². The fourth-order valence-corrected chi connectivity index (χ4v) is 3.37.